The number of aromatic nitrogens is 1. The molecule has 1 heterocycles. The maximum Gasteiger partial charge on any atom is 0.255 e. The highest BCUT2D eigenvalue weighted by Crippen LogP contribution is 2.29. The molecule has 0 fully saturated rings. The first kappa shape index (κ1) is 13.6. The highest BCUT2D eigenvalue weighted by atomic mass is 32.1. The molecule has 6 heteroatoms. The van der Waals surface area contributed by atoms with Crippen LogP contribution in [0, 0.1) is 0 Å². The van der Waals surface area contributed by atoms with Crippen molar-refractivity contribution in [1.29, 1.82) is 0 Å². The smallest absolute Gasteiger partial charge is 0.255 e. The number of benzene rings is 1. The van der Waals surface area contributed by atoms with E-state index in [0.717, 1.165) is 10.9 Å². The molecule has 0 saturated carbocycles. The van der Waals surface area contributed by atoms with Gasteiger partial charge in [0.1, 0.15) is 4.99 Å². The standard InChI is InChI=1S/C13H13F2N3S/c1-18(7-11(14)15)12-8-4-2-3-5-10(8)17-6-9(12)13(16)19/h2-6,11H,7H2,1H3,(H2,16,19). The Morgan fingerprint density at radius 3 is 2.74 bits per heavy atom. The van der Waals surface area contributed by atoms with E-state index in [2.05, 4.69) is 4.98 Å². The van der Waals surface area contributed by atoms with Gasteiger partial charge in [0.15, 0.2) is 0 Å². The molecule has 0 aliphatic carbocycles. The first-order valence-electron chi connectivity index (χ1n) is 5.67. The fourth-order valence-corrected chi connectivity index (χ4v) is 2.17. The van der Waals surface area contributed by atoms with Gasteiger partial charge in [-0.1, -0.05) is 30.4 Å². The maximum atomic E-state index is 12.6. The van der Waals surface area contributed by atoms with E-state index in [4.69, 9.17) is 18.0 Å². The Bertz CT molecular complexity index is 616. The fraction of sp³-hybridized carbons (Fsp3) is 0.231. The van der Waals surface area contributed by atoms with Crippen molar-refractivity contribution in [3.05, 3.63) is 36.0 Å². The lowest BCUT2D eigenvalue weighted by Crippen LogP contribution is -2.27. The van der Waals surface area contributed by atoms with Crippen LogP contribution < -0.4 is 10.6 Å². The fourth-order valence-electron chi connectivity index (χ4n) is 2.02. The molecule has 2 aromatic rings. The monoisotopic (exact) mass is 281 g/mol. The minimum atomic E-state index is -2.43. The van der Waals surface area contributed by atoms with Crippen LogP contribution in [-0.2, 0) is 0 Å². The summed E-state index contributed by atoms with van der Waals surface area (Å²) in [5, 5.41) is 0.760. The molecule has 3 nitrogen and oxygen atoms in total. The first-order chi connectivity index (χ1) is 9.00. The Morgan fingerprint density at radius 1 is 1.42 bits per heavy atom. The minimum absolute atomic E-state index is 0.148. The third kappa shape index (κ3) is 2.78. The summed E-state index contributed by atoms with van der Waals surface area (Å²) in [6.07, 6.45) is -0.904. The summed E-state index contributed by atoms with van der Waals surface area (Å²) in [6.45, 7) is -0.385. The topological polar surface area (TPSA) is 42.1 Å². The van der Waals surface area contributed by atoms with Crippen molar-refractivity contribution in [1.82, 2.24) is 4.98 Å². The zero-order chi connectivity index (χ0) is 14.0. The average molecular weight is 281 g/mol. The Morgan fingerprint density at radius 2 is 2.11 bits per heavy atom. The molecule has 2 N–H and O–H groups in total. The lowest BCUT2D eigenvalue weighted by atomic mass is 10.1. The maximum absolute atomic E-state index is 12.6. The van der Waals surface area contributed by atoms with Crippen LogP contribution in [0.15, 0.2) is 30.5 Å². The van der Waals surface area contributed by atoms with Gasteiger partial charge in [-0.05, 0) is 6.07 Å². The number of hydrogen-bond acceptors (Lipinski definition) is 3. The largest absolute Gasteiger partial charge is 0.389 e. The second-order valence-corrected chi connectivity index (χ2v) is 4.61. The normalized spacial score (nSPS) is 10.9. The summed E-state index contributed by atoms with van der Waals surface area (Å²) in [5.41, 5.74) is 7.48. The number of para-hydroxylation sites is 1. The number of nitrogens with two attached hydrogens (primary N) is 1. The van der Waals surface area contributed by atoms with Crippen molar-refractivity contribution < 1.29 is 8.78 Å². The van der Waals surface area contributed by atoms with Gasteiger partial charge in [0.25, 0.3) is 6.43 Å². The van der Waals surface area contributed by atoms with E-state index < -0.39 is 6.43 Å². The Labute approximate surface area is 115 Å². The van der Waals surface area contributed by atoms with Gasteiger partial charge in [0, 0.05) is 18.6 Å². The molecule has 2 rings (SSSR count). The molecular formula is C13H13F2N3S. The number of alkyl halides is 2. The molecule has 0 spiro atoms. The molecule has 0 atom stereocenters. The van der Waals surface area contributed by atoms with Gasteiger partial charge in [-0.15, -0.1) is 0 Å². The van der Waals surface area contributed by atoms with E-state index in [1.54, 1.807) is 7.05 Å². The highest BCUT2D eigenvalue weighted by Gasteiger charge is 2.17. The van der Waals surface area contributed by atoms with Crippen molar-refractivity contribution in [2.75, 3.05) is 18.5 Å². The molecule has 0 saturated heterocycles. The number of hydrogen-bond donors (Lipinski definition) is 1. The van der Waals surface area contributed by atoms with Crippen LogP contribution in [0.5, 0.6) is 0 Å². The minimum Gasteiger partial charge on any atom is -0.389 e. The number of fused-ring (bicyclic) bond motifs is 1. The summed E-state index contributed by atoms with van der Waals surface area (Å²) in [6, 6.07) is 7.31. The van der Waals surface area contributed by atoms with Crippen LogP contribution in [0.3, 0.4) is 0 Å². The molecule has 0 aliphatic rings. The molecule has 1 aromatic heterocycles. The summed E-state index contributed by atoms with van der Waals surface area (Å²) >= 11 is 4.97. The molecule has 19 heavy (non-hydrogen) atoms. The van der Waals surface area contributed by atoms with Gasteiger partial charge in [-0.2, -0.15) is 0 Å². The molecule has 0 radical (unpaired) electrons. The predicted octanol–water partition coefficient (Wildman–Crippen LogP) is 2.57. The lowest BCUT2D eigenvalue weighted by Gasteiger charge is -2.23. The Hall–Kier alpha value is -1.82. The van der Waals surface area contributed by atoms with Crippen LogP contribution in [0.2, 0.25) is 0 Å². The summed E-state index contributed by atoms with van der Waals surface area (Å²) in [5.74, 6) is 0. The van der Waals surface area contributed by atoms with Crippen molar-refractivity contribution in [3.8, 4) is 0 Å². The molecule has 0 amide bonds. The molecule has 0 bridgehead atoms. The highest BCUT2D eigenvalue weighted by molar-refractivity contribution is 7.80. The van der Waals surface area contributed by atoms with Crippen molar-refractivity contribution in [2.45, 2.75) is 6.43 Å². The van der Waals surface area contributed by atoms with Crippen molar-refractivity contribution in [2.24, 2.45) is 5.73 Å². The number of rotatable bonds is 4. The Kier molecular flexibility index (Phi) is 3.90. The van der Waals surface area contributed by atoms with Crippen LogP contribution in [0.4, 0.5) is 14.5 Å². The third-order valence-corrected chi connectivity index (χ3v) is 3.03. The van der Waals surface area contributed by atoms with Crippen LogP contribution in [0.1, 0.15) is 5.56 Å². The van der Waals surface area contributed by atoms with Crippen molar-refractivity contribution in [3.63, 3.8) is 0 Å². The van der Waals surface area contributed by atoms with E-state index in [0.29, 0.717) is 11.3 Å². The van der Waals surface area contributed by atoms with E-state index in [1.807, 2.05) is 24.3 Å². The zero-order valence-corrected chi connectivity index (χ0v) is 11.1. The van der Waals surface area contributed by atoms with Gasteiger partial charge in [-0.25, -0.2) is 8.78 Å². The van der Waals surface area contributed by atoms with Gasteiger partial charge < -0.3 is 10.6 Å². The van der Waals surface area contributed by atoms with Crippen molar-refractivity contribution >= 4 is 33.8 Å². The molecular weight excluding hydrogens is 268 g/mol. The second-order valence-electron chi connectivity index (χ2n) is 4.17. The number of pyridine rings is 1. The number of thiocarbonyl (C=S) groups is 1. The number of nitrogens with zero attached hydrogens (tertiary/aromatic N) is 2. The van der Waals surface area contributed by atoms with Crippen LogP contribution >= 0.6 is 12.2 Å². The zero-order valence-electron chi connectivity index (χ0n) is 10.3. The van der Waals surface area contributed by atoms with E-state index in [9.17, 15) is 8.78 Å². The first-order valence-corrected chi connectivity index (χ1v) is 6.08. The third-order valence-electron chi connectivity index (χ3n) is 2.81. The molecule has 0 unspecified atom stereocenters. The molecule has 0 aliphatic heterocycles. The van der Waals surface area contributed by atoms with Gasteiger partial charge in [-0.3, -0.25) is 4.98 Å². The lowest BCUT2D eigenvalue weighted by molar-refractivity contribution is 0.156. The van der Waals surface area contributed by atoms with Crippen LogP contribution in [0.25, 0.3) is 10.9 Å². The van der Waals surface area contributed by atoms with E-state index >= 15 is 0 Å². The SMILES string of the molecule is CN(CC(F)F)c1c(C(N)=S)cnc2ccccc12. The summed E-state index contributed by atoms with van der Waals surface area (Å²) < 4.78 is 25.2. The van der Waals surface area contributed by atoms with E-state index in [1.165, 1.54) is 11.1 Å². The van der Waals surface area contributed by atoms with Crippen LogP contribution in [-0.4, -0.2) is 30.0 Å². The predicted molar refractivity (Wildman–Crippen MR) is 76.9 cm³/mol. The van der Waals surface area contributed by atoms with Gasteiger partial charge in [0.2, 0.25) is 0 Å². The molecule has 100 valence electrons. The summed E-state index contributed by atoms with van der Waals surface area (Å²) in [4.78, 5) is 5.85. The summed E-state index contributed by atoms with van der Waals surface area (Å²) in [7, 11) is 1.59. The second kappa shape index (κ2) is 5.44. The number of anilines is 1. The quantitative estimate of drug-likeness (QED) is 0.875. The van der Waals surface area contributed by atoms with Gasteiger partial charge in [0.05, 0.1) is 23.3 Å². The Balaban J connectivity index is 2.65. The average Bonchev–Trinajstić information content (AvgIpc) is 2.36. The van der Waals surface area contributed by atoms with Gasteiger partial charge >= 0.3 is 0 Å². The number of halogens is 2. The van der Waals surface area contributed by atoms with E-state index in [-0.39, 0.29) is 11.5 Å². The molecule has 1 aromatic carbocycles.